The van der Waals surface area contributed by atoms with Gasteiger partial charge in [-0.1, -0.05) is 4.98 Å². The Hall–Kier alpha value is -5.64. The lowest BCUT2D eigenvalue weighted by Gasteiger charge is -2.27. The van der Waals surface area contributed by atoms with Crippen molar-refractivity contribution in [3.05, 3.63) is 46.0 Å². The van der Waals surface area contributed by atoms with Gasteiger partial charge in [-0.25, -0.2) is 47.9 Å². The van der Waals surface area contributed by atoms with Crippen molar-refractivity contribution in [3.8, 4) is 0 Å². The van der Waals surface area contributed by atoms with Gasteiger partial charge in [0, 0.05) is 33.5 Å². The first-order valence-corrected chi connectivity index (χ1v) is 29.1. The third kappa shape index (κ3) is 12.0. The number of imidazole rings is 3. The Labute approximate surface area is 445 Å². The van der Waals surface area contributed by atoms with Crippen molar-refractivity contribution >= 4 is 88.3 Å². The Morgan fingerprint density at radius 2 is 1.36 bits per heavy atom. The number of H-pyrrole nitrogens is 2. The molecule has 0 bridgehead atoms. The average Bonchev–Trinajstić information content (AvgIpc) is 4.23. The first kappa shape index (κ1) is 59.0. The summed E-state index contributed by atoms with van der Waals surface area (Å²) in [6, 6.07) is -1.66. The smallest absolute Gasteiger partial charge is 0.387 e. The molecule has 3 fully saturated rings. The van der Waals surface area contributed by atoms with E-state index in [1.165, 1.54) is 52.4 Å². The van der Waals surface area contributed by atoms with Gasteiger partial charge in [0.2, 0.25) is 23.6 Å². The normalized spacial score (nSPS) is 29.2. The number of fused-ring (bicyclic) bond motifs is 3. The van der Waals surface area contributed by atoms with Crippen LogP contribution in [0.5, 0.6) is 0 Å². The summed E-state index contributed by atoms with van der Waals surface area (Å²) < 4.78 is 106. The summed E-state index contributed by atoms with van der Waals surface area (Å²) in [7, 11) is -17.9. The van der Waals surface area contributed by atoms with E-state index >= 15 is 0 Å². The highest BCUT2D eigenvalue weighted by Gasteiger charge is 2.53. The quantitative estimate of drug-likeness (QED) is 0.0239. The zero-order valence-electron chi connectivity index (χ0n) is 41.7. The van der Waals surface area contributed by atoms with Gasteiger partial charge >= 0.3 is 36.9 Å². The maximum atomic E-state index is 13.9. The number of carbonyl (C=O) groups is 1. The zero-order chi connectivity index (χ0) is 58.1. The van der Waals surface area contributed by atoms with E-state index in [9.17, 15) is 67.5 Å². The number of aliphatic hydroxyl groups is 3. The fourth-order valence-electron chi connectivity index (χ4n) is 9.13. The average molecular weight is 1210 g/mol. The first-order chi connectivity index (χ1) is 37.5. The number of nitrogens with zero attached hydrogens (tertiary/aromatic N) is 11. The highest BCUT2D eigenvalue weighted by molar-refractivity contribution is 7.66. The van der Waals surface area contributed by atoms with E-state index in [0.29, 0.717) is 0 Å². The molecule has 0 spiro atoms. The van der Waals surface area contributed by atoms with Crippen LogP contribution in [0, 0.1) is 5.92 Å². The molecule has 44 heteroatoms. The van der Waals surface area contributed by atoms with E-state index < -0.39 is 148 Å². The largest absolute Gasteiger partial charge is 0.490 e. The number of carbonyl (C=O) groups excluding carboxylic acids is 1. The number of amides is 1. The number of anilines is 3. The molecule has 6 aromatic rings. The molecule has 40 nitrogen and oxygen atoms in total. The number of nitrogens with two attached hydrogens (primary N) is 3. The van der Waals surface area contributed by atoms with Crippen LogP contribution in [0.3, 0.4) is 0 Å². The number of ether oxygens (including phenoxy) is 4. The van der Waals surface area contributed by atoms with Crippen LogP contribution in [0.15, 0.2) is 34.9 Å². The number of phosphoric ester groups is 2. The summed E-state index contributed by atoms with van der Waals surface area (Å²) in [6.45, 7) is -3.19. The lowest BCUT2D eigenvalue weighted by Crippen LogP contribution is -2.45. The second kappa shape index (κ2) is 22.3. The summed E-state index contributed by atoms with van der Waals surface area (Å²) in [5, 5.41) is 35.6. The highest BCUT2D eigenvalue weighted by Crippen LogP contribution is 2.68. The number of nitrogens with one attached hydrogen (secondary N) is 3. The summed E-state index contributed by atoms with van der Waals surface area (Å²) in [6.07, 6.45) is -11.6. The molecule has 0 radical (unpaired) electrons. The molecule has 3 aliphatic rings. The SMILES string of the molecule is CO[C@@H]1[C@H](NP(=O)(O)OC[C@H]2O[C@@H](n3cnc4c(=O)[nH]c(N)nc43)[C@H](O)[C@@H]2O)C(COP(=O)(O)OP(=O)(O)OP(=O)(O)OC[C@H]2OC([n+]3cn(C)c4c(=O)[nH]c(N)nc43)[C@H](O)[C@@H]2CC(=O)N(C)C)O[C@H]1n1cnc2c(N)ncnc21. The summed E-state index contributed by atoms with van der Waals surface area (Å²) in [5.41, 5.74) is 15.7. The minimum absolute atomic E-state index is 0.00584. The molecule has 0 aromatic carbocycles. The minimum atomic E-state index is -6.22. The van der Waals surface area contributed by atoms with Crippen molar-refractivity contribution in [3.63, 3.8) is 0 Å². The second-order valence-electron chi connectivity index (χ2n) is 18.3. The van der Waals surface area contributed by atoms with Gasteiger partial charge in [-0.2, -0.15) is 13.6 Å². The standard InChI is InChI=1S/C36H51N17O23P4/c1-49(2)17(54)5-13-14(72-32(22(13)55)53-12-50(3)21-29(53)45-36(39)47-31(21)59)6-70-78(62,63)75-80(66,67)76-79(64,65)71-7-15-18(25(68-4)34(73-15)51-10-42-19-26(37)40-9-41-27(19)51)48-77(60,61)69-8-16-23(56)24(57)33(74-16)52-11-43-20-28(52)44-35(38)46-30(20)58/h9-16,18,22-25,32-34,55-57H,5-8H2,1-4H3,(H12-,37,38,39,40,41,44,45,46,47,48,58,59,60,61,62,63,64,65,66,67)/p+1/t13-,14-,15?,16-,18-,22-,23-,24-,25-,32?,33-,34-/m1/s1. The Bertz CT molecular complexity index is 3650. The molecule has 80 heavy (non-hydrogen) atoms. The van der Waals surface area contributed by atoms with Crippen LogP contribution in [0.2, 0.25) is 0 Å². The van der Waals surface area contributed by atoms with E-state index in [2.05, 4.69) is 53.6 Å². The highest BCUT2D eigenvalue weighted by atomic mass is 31.3. The van der Waals surface area contributed by atoms with Gasteiger partial charge in [0.25, 0.3) is 17.1 Å². The maximum absolute atomic E-state index is 13.9. The van der Waals surface area contributed by atoms with E-state index in [4.69, 9.17) is 49.7 Å². The fourth-order valence-corrected chi connectivity index (χ4v) is 13.8. The first-order valence-electron chi connectivity index (χ1n) is 23.1. The number of hydrogen-bond donors (Lipinski definition) is 13. The predicted molar refractivity (Wildman–Crippen MR) is 262 cm³/mol. The van der Waals surface area contributed by atoms with Gasteiger partial charge in [-0.15, -0.1) is 0 Å². The molecule has 9 rings (SSSR count). The number of aromatic amines is 2. The van der Waals surface area contributed by atoms with Crippen LogP contribution in [-0.4, -0.2) is 189 Å². The van der Waals surface area contributed by atoms with E-state index in [1.807, 2.05) is 0 Å². The molecule has 438 valence electrons. The summed E-state index contributed by atoms with van der Waals surface area (Å²) in [4.78, 5) is 111. The Morgan fingerprint density at radius 3 is 2.02 bits per heavy atom. The van der Waals surface area contributed by atoms with Crippen molar-refractivity contribution < 1.29 is 104 Å². The molecule has 16 N–H and O–H groups in total. The molecule has 1 amide bonds. The van der Waals surface area contributed by atoms with E-state index in [0.717, 1.165) is 24.3 Å². The summed E-state index contributed by atoms with van der Waals surface area (Å²) in [5.74, 6) is -2.47. The Kier molecular flexibility index (Phi) is 16.4. The Balaban J connectivity index is 0.879. The van der Waals surface area contributed by atoms with Crippen LogP contribution >= 0.6 is 31.2 Å². The van der Waals surface area contributed by atoms with Gasteiger partial charge < -0.3 is 75.9 Å². The van der Waals surface area contributed by atoms with Crippen LogP contribution < -0.4 is 38.0 Å². The molecule has 6 unspecified atom stereocenters. The monoisotopic (exact) mass is 1210 g/mol. The van der Waals surface area contributed by atoms with Gasteiger partial charge in [0.15, 0.2) is 41.4 Å². The van der Waals surface area contributed by atoms with E-state index in [-0.39, 0.29) is 51.2 Å². The lowest BCUT2D eigenvalue weighted by atomic mass is 9.94. The second-order valence-corrected chi connectivity index (χ2v) is 24.5. The van der Waals surface area contributed by atoms with Gasteiger partial charge in [0.1, 0.15) is 48.5 Å². The third-order valence-corrected chi connectivity index (χ3v) is 18.2. The molecule has 3 saturated heterocycles. The van der Waals surface area contributed by atoms with Crippen LogP contribution in [0.1, 0.15) is 25.1 Å². The van der Waals surface area contributed by atoms with Crippen LogP contribution in [-0.2, 0) is 71.2 Å². The van der Waals surface area contributed by atoms with Gasteiger partial charge in [-0.05, 0) is 0 Å². The molecular weight excluding hydrogens is 1160 g/mol. The lowest BCUT2D eigenvalue weighted by molar-refractivity contribution is -0.745. The summed E-state index contributed by atoms with van der Waals surface area (Å²) >= 11 is 0. The van der Waals surface area contributed by atoms with Crippen molar-refractivity contribution in [2.75, 3.05) is 58.2 Å². The van der Waals surface area contributed by atoms with Crippen LogP contribution in [0.25, 0.3) is 33.5 Å². The topological polar surface area (TPSA) is 565 Å². The van der Waals surface area contributed by atoms with Crippen molar-refractivity contribution in [2.45, 2.75) is 73.9 Å². The Morgan fingerprint density at radius 1 is 0.762 bits per heavy atom. The predicted octanol–water partition coefficient (Wildman–Crippen LogP) is -4.40. The van der Waals surface area contributed by atoms with Crippen molar-refractivity contribution in [1.82, 2.24) is 63.6 Å². The van der Waals surface area contributed by atoms with Gasteiger partial charge in [0.05, 0.1) is 51.7 Å². The minimum Gasteiger partial charge on any atom is -0.387 e. The molecule has 3 aliphatic heterocycles. The van der Waals surface area contributed by atoms with Crippen molar-refractivity contribution in [1.29, 1.82) is 0 Å². The number of phosphoric acid groups is 3. The number of methoxy groups -OCH3 is 1. The molecule has 16 atom stereocenters. The number of hydrogen-bond acceptors (Lipinski definition) is 28. The number of rotatable bonds is 21. The molecule has 9 heterocycles. The molecular formula is C36H52N17O23P4+. The van der Waals surface area contributed by atoms with Crippen LogP contribution in [0.4, 0.5) is 17.7 Å². The fraction of sp³-hybridized carbons (Fsp3) is 0.556. The zero-order valence-corrected chi connectivity index (χ0v) is 45.2. The van der Waals surface area contributed by atoms with Crippen molar-refractivity contribution in [2.24, 2.45) is 13.0 Å². The number of nitrogen functional groups attached to an aromatic ring is 3. The number of aromatic nitrogens is 12. The number of aliphatic hydroxyl groups excluding tert-OH is 3. The van der Waals surface area contributed by atoms with E-state index in [1.54, 1.807) is 0 Å². The molecule has 6 aromatic heterocycles. The number of aryl methyl sites for hydroxylation is 1. The van der Waals surface area contributed by atoms with Gasteiger partial charge in [-0.3, -0.25) is 51.6 Å². The molecule has 0 aliphatic carbocycles. The third-order valence-electron chi connectivity index (χ3n) is 12.8. The molecule has 0 saturated carbocycles. The maximum Gasteiger partial charge on any atom is 0.490 e.